The molecule has 4 nitrogen and oxygen atoms in total. The van der Waals surface area contributed by atoms with Crippen molar-refractivity contribution >= 4 is 38.4 Å². The standard InChI is InChI=1S/C19H16N2O2S/c1-11-7-8-15-13(9-11)12(2)18(23-15)19(22)20-10-17-21-14-5-3-4-6-16(14)24-17/h3-9H,10H2,1-2H3,(H,20,22). The predicted octanol–water partition coefficient (Wildman–Crippen LogP) is 4.59. The van der Waals surface area contributed by atoms with E-state index in [0.29, 0.717) is 12.3 Å². The molecule has 0 saturated heterocycles. The number of nitrogens with zero attached hydrogens (tertiary/aromatic N) is 1. The zero-order valence-corrected chi connectivity index (χ0v) is 14.2. The van der Waals surface area contributed by atoms with Gasteiger partial charge in [-0.15, -0.1) is 11.3 Å². The van der Waals surface area contributed by atoms with Crippen molar-refractivity contribution < 1.29 is 9.21 Å². The molecular formula is C19H16N2O2S. The first-order valence-electron chi connectivity index (χ1n) is 7.74. The second kappa shape index (κ2) is 5.76. The average molecular weight is 336 g/mol. The molecule has 0 unspecified atom stereocenters. The lowest BCUT2D eigenvalue weighted by atomic mass is 10.1. The molecule has 0 fully saturated rings. The average Bonchev–Trinajstić information content (AvgIpc) is 3.14. The van der Waals surface area contributed by atoms with E-state index in [-0.39, 0.29) is 5.91 Å². The van der Waals surface area contributed by atoms with E-state index in [1.165, 1.54) is 0 Å². The minimum absolute atomic E-state index is 0.208. The molecule has 0 aliphatic rings. The Morgan fingerprint density at radius 1 is 1.21 bits per heavy atom. The highest BCUT2D eigenvalue weighted by Gasteiger charge is 2.18. The van der Waals surface area contributed by atoms with Crippen molar-refractivity contribution in [2.45, 2.75) is 20.4 Å². The van der Waals surface area contributed by atoms with Crippen molar-refractivity contribution in [1.82, 2.24) is 10.3 Å². The van der Waals surface area contributed by atoms with Gasteiger partial charge in [-0.3, -0.25) is 4.79 Å². The molecule has 1 amide bonds. The van der Waals surface area contributed by atoms with Gasteiger partial charge in [0.1, 0.15) is 10.6 Å². The van der Waals surface area contributed by atoms with E-state index in [1.54, 1.807) is 11.3 Å². The van der Waals surface area contributed by atoms with Crippen molar-refractivity contribution in [3.63, 3.8) is 0 Å². The molecule has 0 radical (unpaired) electrons. The number of hydrogen-bond acceptors (Lipinski definition) is 4. The van der Waals surface area contributed by atoms with Gasteiger partial charge in [0.25, 0.3) is 5.91 Å². The number of thiazole rings is 1. The van der Waals surface area contributed by atoms with Gasteiger partial charge in [0, 0.05) is 10.9 Å². The van der Waals surface area contributed by atoms with Crippen LogP contribution in [-0.2, 0) is 6.54 Å². The molecule has 2 heterocycles. The summed E-state index contributed by atoms with van der Waals surface area (Å²) in [7, 11) is 0. The first kappa shape index (κ1) is 14.9. The van der Waals surface area contributed by atoms with E-state index in [4.69, 9.17) is 4.42 Å². The van der Waals surface area contributed by atoms with Crippen LogP contribution in [0.1, 0.15) is 26.7 Å². The zero-order valence-electron chi connectivity index (χ0n) is 13.4. The summed E-state index contributed by atoms with van der Waals surface area (Å²) < 4.78 is 6.86. The summed E-state index contributed by atoms with van der Waals surface area (Å²) in [5.74, 6) is 0.164. The SMILES string of the molecule is Cc1ccc2oc(C(=O)NCc3nc4ccccc4s3)c(C)c2c1. The van der Waals surface area contributed by atoms with Crippen LogP contribution in [0.25, 0.3) is 21.2 Å². The number of furan rings is 1. The molecule has 2 aromatic heterocycles. The molecule has 24 heavy (non-hydrogen) atoms. The van der Waals surface area contributed by atoms with Gasteiger partial charge in [-0.05, 0) is 38.1 Å². The summed E-state index contributed by atoms with van der Waals surface area (Å²) in [5, 5.41) is 4.78. The van der Waals surface area contributed by atoms with Crippen LogP contribution in [0, 0.1) is 13.8 Å². The van der Waals surface area contributed by atoms with Gasteiger partial charge in [-0.1, -0.05) is 23.8 Å². The number of rotatable bonds is 3. The summed E-state index contributed by atoms with van der Waals surface area (Å²) in [6.07, 6.45) is 0. The normalized spacial score (nSPS) is 11.2. The smallest absolute Gasteiger partial charge is 0.287 e. The predicted molar refractivity (Wildman–Crippen MR) is 96.5 cm³/mol. The van der Waals surface area contributed by atoms with Crippen molar-refractivity contribution in [2.24, 2.45) is 0 Å². The molecule has 5 heteroatoms. The van der Waals surface area contributed by atoms with Gasteiger partial charge in [-0.2, -0.15) is 0 Å². The number of benzene rings is 2. The first-order valence-corrected chi connectivity index (χ1v) is 8.56. The molecular weight excluding hydrogens is 320 g/mol. The van der Waals surface area contributed by atoms with Gasteiger partial charge in [-0.25, -0.2) is 4.98 Å². The van der Waals surface area contributed by atoms with E-state index >= 15 is 0 Å². The Morgan fingerprint density at radius 2 is 2.04 bits per heavy atom. The molecule has 0 bridgehead atoms. The summed E-state index contributed by atoms with van der Waals surface area (Å²) in [5.41, 5.74) is 3.72. The highest BCUT2D eigenvalue weighted by molar-refractivity contribution is 7.18. The van der Waals surface area contributed by atoms with Crippen molar-refractivity contribution in [3.05, 3.63) is 64.4 Å². The van der Waals surface area contributed by atoms with Crippen LogP contribution in [0.5, 0.6) is 0 Å². The van der Waals surface area contributed by atoms with E-state index in [1.807, 2.05) is 56.3 Å². The van der Waals surface area contributed by atoms with Gasteiger partial charge in [0.15, 0.2) is 5.76 Å². The molecule has 0 saturated carbocycles. The molecule has 0 atom stereocenters. The Bertz CT molecular complexity index is 1030. The Labute approximate surface area is 143 Å². The van der Waals surface area contributed by atoms with Crippen molar-refractivity contribution in [1.29, 1.82) is 0 Å². The third kappa shape index (κ3) is 2.57. The summed E-state index contributed by atoms with van der Waals surface area (Å²) >= 11 is 1.59. The molecule has 0 aliphatic heterocycles. The fraction of sp³-hybridized carbons (Fsp3) is 0.158. The number of aryl methyl sites for hydroxylation is 2. The molecule has 120 valence electrons. The lowest BCUT2D eigenvalue weighted by molar-refractivity contribution is 0.0924. The number of hydrogen-bond donors (Lipinski definition) is 1. The van der Waals surface area contributed by atoms with Gasteiger partial charge in [0.05, 0.1) is 16.8 Å². The fourth-order valence-corrected chi connectivity index (χ4v) is 3.69. The lowest BCUT2D eigenvalue weighted by Gasteiger charge is -2.00. The van der Waals surface area contributed by atoms with E-state index in [0.717, 1.165) is 37.3 Å². The second-order valence-corrected chi connectivity index (χ2v) is 6.93. The first-order chi connectivity index (χ1) is 11.6. The summed E-state index contributed by atoms with van der Waals surface area (Å²) in [6, 6.07) is 13.9. The van der Waals surface area contributed by atoms with Crippen LogP contribution in [0.3, 0.4) is 0 Å². The molecule has 4 aromatic rings. The van der Waals surface area contributed by atoms with Crippen LogP contribution in [0.15, 0.2) is 46.9 Å². The van der Waals surface area contributed by atoms with Gasteiger partial charge in [0.2, 0.25) is 0 Å². The van der Waals surface area contributed by atoms with Crippen molar-refractivity contribution in [3.8, 4) is 0 Å². The molecule has 1 N–H and O–H groups in total. The number of aromatic nitrogens is 1. The largest absolute Gasteiger partial charge is 0.451 e. The Morgan fingerprint density at radius 3 is 2.88 bits per heavy atom. The maximum Gasteiger partial charge on any atom is 0.287 e. The zero-order chi connectivity index (χ0) is 16.7. The third-order valence-corrected chi connectivity index (χ3v) is 5.07. The fourth-order valence-electron chi connectivity index (χ4n) is 2.78. The van der Waals surface area contributed by atoms with Crippen LogP contribution >= 0.6 is 11.3 Å². The van der Waals surface area contributed by atoms with Gasteiger partial charge < -0.3 is 9.73 Å². The van der Waals surface area contributed by atoms with Crippen LogP contribution in [0.4, 0.5) is 0 Å². The quantitative estimate of drug-likeness (QED) is 0.595. The van der Waals surface area contributed by atoms with Crippen LogP contribution in [0.2, 0.25) is 0 Å². The van der Waals surface area contributed by atoms with E-state index in [2.05, 4.69) is 10.3 Å². The van der Waals surface area contributed by atoms with Crippen molar-refractivity contribution in [2.75, 3.05) is 0 Å². The minimum atomic E-state index is -0.208. The van der Waals surface area contributed by atoms with E-state index < -0.39 is 0 Å². The topological polar surface area (TPSA) is 55.1 Å². The Kier molecular flexibility index (Phi) is 3.58. The van der Waals surface area contributed by atoms with Gasteiger partial charge >= 0.3 is 0 Å². The number of amides is 1. The minimum Gasteiger partial charge on any atom is -0.451 e. The summed E-state index contributed by atoms with van der Waals surface area (Å²) in [4.78, 5) is 17.0. The number of para-hydroxylation sites is 1. The third-order valence-electron chi connectivity index (χ3n) is 4.04. The highest BCUT2D eigenvalue weighted by Crippen LogP contribution is 2.26. The number of carbonyl (C=O) groups excluding carboxylic acids is 1. The molecule has 0 aliphatic carbocycles. The Hall–Kier alpha value is -2.66. The second-order valence-electron chi connectivity index (χ2n) is 5.81. The lowest BCUT2D eigenvalue weighted by Crippen LogP contribution is -2.22. The summed E-state index contributed by atoms with van der Waals surface area (Å²) in [6.45, 7) is 4.34. The Balaban J connectivity index is 1.56. The monoisotopic (exact) mass is 336 g/mol. The number of carbonyl (C=O) groups is 1. The molecule has 0 spiro atoms. The molecule has 2 aromatic carbocycles. The van der Waals surface area contributed by atoms with Crippen LogP contribution in [-0.4, -0.2) is 10.9 Å². The maximum absolute atomic E-state index is 12.5. The number of nitrogens with one attached hydrogen (secondary N) is 1. The van der Waals surface area contributed by atoms with Crippen LogP contribution < -0.4 is 5.32 Å². The molecule has 4 rings (SSSR count). The van der Waals surface area contributed by atoms with E-state index in [9.17, 15) is 4.79 Å². The highest BCUT2D eigenvalue weighted by atomic mass is 32.1. The maximum atomic E-state index is 12.5. The number of fused-ring (bicyclic) bond motifs is 2.